The van der Waals surface area contributed by atoms with Crippen LogP contribution in [0.1, 0.15) is 86.6 Å². The minimum absolute atomic E-state index is 0.0273. The number of fused-ring (bicyclic) bond motifs is 6. The van der Waals surface area contributed by atoms with Crippen LogP contribution in [0.25, 0.3) is 32.3 Å². The topological polar surface area (TPSA) is 270 Å². The zero-order valence-electron chi connectivity index (χ0n) is 65.2. The third kappa shape index (κ3) is 17.9. The van der Waals surface area contributed by atoms with Gasteiger partial charge in [0.2, 0.25) is 17.7 Å². The Morgan fingerprint density at radius 3 is 1.17 bits per heavy atom. The van der Waals surface area contributed by atoms with Crippen molar-refractivity contribution in [3.63, 3.8) is 0 Å². The summed E-state index contributed by atoms with van der Waals surface area (Å²) in [7, 11) is 0. The van der Waals surface area contributed by atoms with Gasteiger partial charge < -0.3 is 78.7 Å². The monoisotopic (exact) mass is 1530 g/mol. The number of carbonyl (C=O) groups excluding carboxylic acids is 3. The molecule has 1 unspecified atom stereocenters. The van der Waals surface area contributed by atoms with Gasteiger partial charge in [0, 0.05) is 172 Å². The van der Waals surface area contributed by atoms with E-state index >= 15 is 0 Å². The summed E-state index contributed by atoms with van der Waals surface area (Å²) in [6.07, 6.45) is 10.8. The van der Waals surface area contributed by atoms with Crippen LogP contribution in [0, 0.1) is 0 Å². The maximum Gasteiger partial charge on any atom is 0.318 e. The van der Waals surface area contributed by atoms with Crippen LogP contribution < -0.4 is 43.6 Å². The summed E-state index contributed by atoms with van der Waals surface area (Å²) in [6.45, 7) is 32.4. The number of rotatable bonds is 21. The molecule has 3 amide bonds. The van der Waals surface area contributed by atoms with E-state index in [2.05, 4.69) is 86.1 Å². The second-order valence-corrected chi connectivity index (χ2v) is 29.8. The highest BCUT2D eigenvalue weighted by Crippen LogP contribution is 2.41. The number of carbonyl (C=O) groups is 3. The van der Waals surface area contributed by atoms with E-state index in [0.717, 1.165) is 172 Å². The number of aliphatic hydroxyl groups excluding tert-OH is 1. The number of benzene rings is 6. The van der Waals surface area contributed by atoms with Gasteiger partial charge in [0.1, 0.15) is 47.9 Å². The summed E-state index contributed by atoms with van der Waals surface area (Å²) >= 11 is 0. The van der Waals surface area contributed by atoms with Gasteiger partial charge in [0.15, 0.2) is 0 Å². The standard InChI is InChI=1S/C32H40N6O3.C28H33N5O4.C27H31N5O3/c1-3-12-35-13-7-9-24(35)22-41-32-33-28-21-38(29-20-25(39)19-23-8-5-6-10-26(23)29)14-11-27(28)31(34-32)37-17-15-36(16-18-37)30(40)4-2;1-3-20(34)18-37-28-29-24-17-33(25-16-21(35)15-19-7-5-6-8-22(19)25)10-9-23(24)27(30-28)32-13-11-31(12-14-32)26(36)4-2;1-3-15-35-27-28-23-18-32(24-17-20(33)16-19-7-5-6-8-21(19)24)10-9-22(23)26(29-27)31-13-11-30(12-14-31)25(34)4-2/h4-6,8,10,19-20,24,39H,2-3,7,9,11-18,21-22H2,1H3;4-8,15-16,20,34-35H,2-3,9-14,17-18H2,1H3;4-8,16-17,33H,2-3,9-15,18H2,1H3/t24-;;/m0../s1. The first-order chi connectivity index (χ1) is 55.1. The lowest BCUT2D eigenvalue weighted by atomic mass is 10.0. The van der Waals surface area contributed by atoms with Crippen molar-refractivity contribution in [3.05, 3.63) is 181 Å². The first kappa shape index (κ1) is 78.2. The van der Waals surface area contributed by atoms with Gasteiger partial charge in [-0.2, -0.15) is 29.9 Å². The Kier molecular flexibility index (Phi) is 24.8. The number of piperazine rings is 3. The summed E-state index contributed by atoms with van der Waals surface area (Å²) in [5.74, 6) is 3.29. The van der Waals surface area contributed by atoms with Crippen molar-refractivity contribution in [2.45, 2.75) is 104 Å². The van der Waals surface area contributed by atoms with Gasteiger partial charge in [-0.05, 0) is 117 Å². The van der Waals surface area contributed by atoms with Crippen molar-refractivity contribution >= 4 is 84.6 Å². The maximum absolute atomic E-state index is 12.2. The molecule has 3 aromatic heterocycles. The molecule has 16 rings (SSSR count). The molecule has 0 bridgehead atoms. The first-order valence-electron chi connectivity index (χ1n) is 40.0. The zero-order chi connectivity index (χ0) is 78.7. The highest BCUT2D eigenvalue weighted by molar-refractivity contribution is 5.98. The number of likely N-dealkylation sites (tertiary alicyclic amines) is 1. The number of aromatic hydroxyl groups is 3. The van der Waals surface area contributed by atoms with Gasteiger partial charge in [0.05, 0.1) is 49.4 Å². The molecule has 7 aliphatic heterocycles. The Hall–Kier alpha value is -11.5. The highest BCUT2D eigenvalue weighted by atomic mass is 16.5. The van der Waals surface area contributed by atoms with E-state index in [1.165, 1.54) is 24.6 Å². The molecule has 2 atom stereocenters. The van der Waals surface area contributed by atoms with E-state index in [4.69, 9.17) is 44.1 Å². The van der Waals surface area contributed by atoms with E-state index in [1.807, 2.05) is 89.5 Å². The lowest BCUT2D eigenvalue weighted by molar-refractivity contribution is -0.127. The number of hydrogen-bond donors (Lipinski definition) is 4. The van der Waals surface area contributed by atoms with Crippen LogP contribution in [-0.2, 0) is 53.3 Å². The fourth-order valence-electron chi connectivity index (χ4n) is 16.5. The summed E-state index contributed by atoms with van der Waals surface area (Å²) in [6, 6.07) is 36.6. The van der Waals surface area contributed by atoms with E-state index in [1.54, 1.807) is 23.1 Å². The summed E-state index contributed by atoms with van der Waals surface area (Å²) in [5.41, 5.74) is 9.11. The zero-order valence-corrected chi connectivity index (χ0v) is 65.2. The predicted octanol–water partition coefficient (Wildman–Crippen LogP) is 10.4. The molecule has 0 spiro atoms. The van der Waals surface area contributed by atoms with Gasteiger partial charge >= 0.3 is 18.0 Å². The van der Waals surface area contributed by atoms with Crippen molar-refractivity contribution < 1.29 is 49.0 Å². The lowest BCUT2D eigenvalue weighted by Crippen LogP contribution is -2.49. The molecule has 9 aromatic rings. The number of phenols is 3. The molecule has 0 aliphatic carbocycles. The van der Waals surface area contributed by atoms with Crippen LogP contribution >= 0.6 is 0 Å². The number of anilines is 6. The molecule has 592 valence electrons. The maximum atomic E-state index is 12.2. The molecular formula is C87H104N16O10. The van der Waals surface area contributed by atoms with Gasteiger partial charge in [-0.15, -0.1) is 0 Å². The number of amides is 3. The predicted molar refractivity (Wildman–Crippen MR) is 442 cm³/mol. The fraction of sp³-hybridized carbons (Fsp3) is 0.414. The Labute approximate surface area is 660 Å². The average molecular weight is 1530 g/mol. The highest BCUT2D eigenvalue weighted by Gasteiger charge is 2.35. The van der Waals surface area contributed by atoms with Gasteiger partial charge in [0.25, 0.3) is 0 Å². The van der Waals surface area contributed by atoms with Crippen LogP contribution in [-0.4, -0.2) is 231 Å². The van der Waals surface area contributed by atoms with Gasteiger partial charge in [-0.3, -0.25) is 19.3 Å². The Balaban J connectivity index is 0.000000141. The Morgan fingerprint density at radius 1 is 0.451 bits per heavy atom. The molecule has 7 aliphatic rings. The molecule has 4 fully saturated rings. The smallest absolute Gasteiger partial charge is 0.318 e. The molecule has 4 N–H and O–H groups in total. The number of aromatic nitrogens is 6. The molecule has 10 heterocycles. The van der Waals surface area contributed by atoms with Crippen molar-refractivity contribution in [3.8, 4) is 35.3 Å². The minimum atomic E-state index is -0.591. The number of hydrogen-bond acceptors (Lipinski definition) is 23. The second-order valence-electron chi connectivity index (χ2n) is 29.8. The first-order valence-corrected chi connectivity index (χ1v) is 40.0. The number of nitrogens with zero attached hydrogens (tertiary/aromatic N) is 16. The fourth-order valence-corrected chi connectivity index (χ4v) is 16.5. The van der Waals surface area contributed by atoms with Gasteiger partial charge in [-0.1, -0.05) is 113 Å². The largest absolute Gasteiger partial charge is 0.508 e. The van der Waals surface area contributed by atoms with E-state index < -0.39 is 6.10 Å². The number of ether oxygens (including phenoxy) is 3. The minimum Gasteiger partial charge on any atom is -0.508 e. The van der Waals surface area contributed by atoms with E-state index in [9.17, 15) is 34.8 Å². The molecule has 0 radical (unpaired) electrons. The molecule has 26 nitrogen and oxygen atoms in total. The Morgan fingerprint density at radius 2 is 0.814 bits per heavy atom. The van der Waals surface area contributed by atoms with Crippen molar-refractivity contribution in [1.29, 1.82) is 0 Å². The molecule has 4 saturated heterocycles. The van der Waals surface area contributed by atoms with Crippen LogP contribution in [0.3, 0.4) is 0 Å². The van der Waals surface area contributed by atoms with Crippen molar-refractivity contribution in [2.24, 2.45) is 0 Å². The SMILES string of the molecule is C=CC(=O)N1CCN(c2nc(OCC(O)CC)nc3c2CCN(c2cc(O)cc4ccccc24)C3)CC1.C=CC(=O)N1CCN(c2nc(OCCC)nc3c2CCN(c2cc(O)cc4ccccc24)C3)CC1.C=CC(=O)N1CCN(c2nc(OC[C@@H]3CCCN3CCC)nc3c2CCN(c2cc(O)cc4ccccc24)C3)CC1. The molecule has 6 aromatic carbocycles. The van der Waals surface area contributed by atoms with Crippen molar-refractivity contribution in [2.75, 3.05) is 160 Å². The lowest BCUT2D eigenvalue weighted by Gasteiger charge is -2.38. The summed E-state index contributed by atoms with van der Waals surface area (Å²) in [4.78, 5) is 86.8. The van der Waals surface area contributed by atoms with Crippen LogP contribution in [0.2, 0.25) is 0 Å². The van der Waals surface area contributed by atoms with E-state index in [0.29, 0.717) is 136 Å². The third-order valence-electron chi connectivity index (χ3n) is 22.5. The molecule has 0 saturated carbocycles. The number of phenolic OH excluding ortho intramolecular Hbond substituents is 3. The average Bonchev–Trinajstić information content (AvgIpc) is 1.09. The quantitative estimate of drug-likeness (QED) is 0.0487. The summed E-state index contributed by atoms with van der Waals surface area (Å²) in [5, 5.41) is 47.6. The van der Waals surface area contributed by atoms with Crippen LogP contribution in [0.4, 0.5) is 34.5 Å². The summed E-state index contributed by atoms with van der Waals surface area (Å²) < 4.78 is 18.0. The normalized spacial score (nSPS) is 17.3. The second kappa shape index (κ2) is 35.9. The van der Waals surface area contributed by atoms with Crippen molar-refractivity contribution in [1.82, 2.24) is 49.5 Å². The van der Waals surface area contributed by atoms with E-state index in [-0.39, 0.29) is 47.6 Å². The molecular weight excluding hydrogens is 1430 g/mol. The van der Waals surface area contributed by atoms with Crippen LogP contribution in [0.5, 0.6) is 35.3 Å². The number of aliphatic hydroxyl groups is 1. The molecule has 113 heavy (non-hydrogen) atoms. The Bertz CT molecular complexity index is 4950. The van der Waals surface area contributed by atoms with Gasteiger partial charge in [-0.25, -0.2) is 0 Å². The third-order valence-corrected chi connectivity index (χ3v) is 22.5. The van der Waals surface area contributed by atoms with Crippen LogP contribution in [0.15, 0.2) is 147 Å². The molecule has 26 heteroatoms.